The first kappa shape index (κ1) is 67.3. The number of ether oxygens (including phenoxy) is 2. The molecule has 0 N–H and O–H groups in total. The van der Waals surface area contributed by atoms with E-state index < -0.39 is 0 Å². The van der Waals surface area contributed by atoms with Gasteiger partial charge in [-0.1, -0.05) is 314 Å². The summed E-state index contributed by atoms with van der Waals surface area (Å²) in [5, 5.41) is 7.23. The van der Waals surface area contributed by atoms with Crippen LogP contribution in [-0.4, -0.2) is 13.4 Å². The maximum absolute atomic E-state index is 7.62. The van der Waals surface area contributed by atoms with Crippen LogP contribution in [0.25, 0.3) is 144 Å². The summed E-state index contributed by atoms with van der Waals surface area (Å²) in [4.78, 5) is 4.81. The monoisotopic (exact) mass is 1500 g/mol. The van der Waals surface area contributed by atoms with Crippen molar-refractivity contribution in [3.05, 3.63) is 425 Å². The summed E-state index contributed by atoms with van der Waals surface area (Å²) >= 11 is 0. The number of anilines is 6. The zero-order valence-electron chi connectivity index (χ0n) is 64.3. The molecule has 546 valence electrons. The van der Waals surface area contributed by atoms with Crippen molar-refractivity contribution in [3.8, 4) is 134 Å². The van der Waals surface area contributed by atoms with E-state index in [0.29, 0.717) is 0 Å². The summed E-state index contributed by atoms with van der Waals surface area (Å²) in [6.07, 6.45) is 0. The first-order valence-electron chi connectivity index (χ1n) is 40.8. The largest absolute Gasteiger partial charge is 0.458 e. The van der Waals surface area contributed by atoms with Gasteiger partial charge in [0.25, 0.3) is 13.4 Å². The molecule has 0 fully saturated rings. The molecule has 118 heavy (non-hydrogen) atoms. The van der Waals surface area contributed by atoms with E-state index in [1.54, 1.807) is 0 Å². The van der Waals surface area contributed by atoms with Crippen LogP contribution in [0.1, 0.15) is 0 Å². The highest BCUT2D eigenvalue weighted by molar-refractivity contribution is 7.01. The second kappa shape index (κ2) is 27.2. The molecule has 0 radical (unpaired) electrons. The third-order valence-electron chi connectivity index (χ3n) is 25.0. The van der Waals surface area contributed by atoms with E-state index in [2.05, 4.69) is 434 Å². The van der Waals surface area contributed by atoms with Gasteiger partial charge >= 0.3 is 0 Å². The van der Waals surface area contributed by atoms with Gasteiger partial charge in [-0.2, -0.15) is 0 Å². The minimum absolute atomic E-state index is 0.279. The molecule has 4 aliphatic heterocycles. The van der Waals surface area contributed by atoms with E-state index in [0.717, 1.165) is 190 Å². The molecule has 4 nitrogen and oxygen atoms in total. The first-order valence-corrected chi connectivity index (χ1v) is 40.8. The molecule has 0 amide bonds. The molecule has 0 bridgehead atoms. The summed E-state index contributed by atoms with van der Waals surface area (Å²) in [7, 11) is 0. The van der Waals surface area contributed by atoms with Crippen molar-refractivity contribution in [2.24, 2.45) is 0 Å². The van der Waals surface area contributed by atoms with Crippen LogP contribution in [0.4, 0.5) is 34.1 Å². The van der Waals surface area contributed by atoms with E-state index >= 15 is 0 Å². The zero-order valence-corrected chi connectivity index (χ0v) is 64.3. The molecule has 0 atom stereocenters. The molecule has 20 aromatic carbocycles. The van der Waals surface area contributed by atoms with Crippen LogP contribution in [0.15, 0.2) is 425 Å². The lowest BCUT2D eigenvalue weighted by Crippen LogP contribution is -2.58. The molecule has 6 heteroatoms. The van der Waals surface area contributed by atoms with E-state index in [1.165, 1.54) is 43.2 Å². The molecule has 0 spiro atoms. The Morgan fingerprint density at radius 1 is 0.169 bits per heavy atom. The lowest BCUT2D eigenvalue weighted by Gasteiger charge is -2.39. The molecular formula is C112H70B2N2O2. The third kappa shape index (κ3) is 10.7. The first-order chi connectivity index (χ1) is 58.6. The van der Waals surface area contributed by atoms with Gasteiger partial charge in [-0.05, 0) is 275 Å². The smallest absolute Gasteiger partial charge is 0.252 e. The fraction of sp³-hybridized carbons (Fsp3) is 0. The molecule has 0 unspecified atom stereocenters. The zero-order chi connectivity index (χ0) is 77.5. The Bertz CT molecular complexity index is 6740. The van der Waals surface area contributed by atoms with Gasteiger partial charge in [0, 0.05) is 34.9 Å². The van der Waals surface area contributed by atoms with E-state index in [-0.39, 0.29) is 13.4 Å². The Balaban J connectivity index is 0.944. The minimum atomic E-state index is -0.279. The average molecular weight is 1500 g/mol. The fourth-order valence-corrected chi connectivity index (χ4v) is 20.1. The van der Waals surface area contributed by atoms with Crippen LogP contribution in [0.2, 0.25) is 0 Å². The van der Waals surface area contributed by atoms with Gasteiger partial charge in [-0.15, -0.1) is 0 Å². The molecule has 0 saturated carbocycles. The molecule has 4 aliphatic rings. The van der Waals surface area contributed by atoms with Gasteiger partial charge in [0.1, 0.15) is 23.0 Å². The Labute approximate surface area is 686 Å². The maximum Gasteiger partial charge on any atom is 0.252 e. The Kier molecular flexibility index (Phi) is 15.5. The number of benzene rings is 20. The minimum Gasteiger partial charge on any atom is -0.458 e. The number of nitrogens with zero attached hydrogens (tertiary/aromatic N) is 2. The van der Waals surface area contributed by atoms with Crippen molar-refractivity contribution < 1.29 is 9.47 Å². The van der Waals surface area contributed by atoms with Crippen LogP contribution < -0.4 is 52.1 Å². The van der Waals surface area contributed by atoms with Crippen molar-refractivity contribution in [1.29, 1.82) is 0 Å². The molecule has 24 rings (SSSR count). The number of fused-ring (bicyclic) bond motifs is 8. The summed E-state index contributed by atoms with van der Waals surface area (Å²) < 4.78 is 15.2. The fourth-order valence-electron chi connectivity index (χ4n) is 20.1. The SMILES string of the molecule is c1ccc(-c2cc(-c3ccccc3)c(-c3cc4c5c(cc6c(-c7c(-c8ccccc8)cc(-c8ccccc8)cc7-c7ccccc7)cc7c8c(cc3c5c68)B3c5ccccc5Oc5cc(N(c6ccccc6)c6ccccc6)cc-7c53)B3c5ccccc5Oc5cc(N(c6ccccc6)c6ccccc6)cc-4c53)c(-c3ccccc3)c2)cc1. The number of para-hydroxylation sites is 6. The molecule has 4 heterocycles. The molecule has 0 aliphatic carbocycles. The molecular weight excluding hydrogens is 1430 g/mol. The molecule has 0 saturated heterocycles. The Hall–Kier alpha value is -15.2. The third-order valence-corrected chi connectivity index (χ3v) is 25.0. The summed E-state index contributed by atoms with van der Waals surface area (Å²) in [5.74, 6) is 3.35. The van der Waals surface area contributed by atoms with Crippen molar-refractivity contribution in [3.63, 3.8) is 0 Å². The summed E-state index contributed by atoms with van der Waals surface area (Å²) in [6, 6.07) is 158. The topological polar surface area (TPSA) is 24.9 Å². The molecule has 0 aromatic heterocycles. The predicted octanol–water partition coefficient (Wildman–Crippen LogP) is 26.1. The van der Waals surface area contributed by atoms with E-state index in [9.17, 15) is 0 Å². The summed E-state index contributed by atoms with van der Waals surface area (Å²) in [5.41, 5.74) is 35.9. The standard InChI is InChI=1S/C112H70B2N2O2/c1-11-35-71(36-12-1)77-59-85(73-39-15-3-16-40-73)105(86(60-77)74-41-17-4-18-42-74)89-67-91-95-63-83(115(79-47-23-7-24-48-79)80-49-25-8-26-50-80)65-103-111(95)114(98-56-32-34-58-102(98)117-103)100-70-94-90(106-87(75-43-19-5-20-44-75)61-78(72-37-13-2-14-38-72)62-88(106)76-45-21-6-22-46-76)68-92-96-64-84(116(81-51-27-9-28-52-81)82-53-29-10-30-54-82)66-104-112(96)113(97-55-31-33-57-101(97)118-104)99-69-93(89)109(107(91)100)110(94)108(92)99/h1-70H. The van der Waals surface area contributed by atoms with Gasteiger partial charge in [0.05, 0.1) is 11.4 Å². The van der Waals surface area contributed by atoms with E-state index in [4.69, 9.17) is 9.47 Å². The van der Waals surface area contributed by atoms with Crippen molar-refractivity contribution in [2.45, 2.75) is 0 Å². The normalized spacial score (nSPS) is 12.3. The Morgan fingerprint density at radius 2 is 0.441 bits per heavy atom. The highest BCUT2D eigenvalue weighted by Gasteiger charge is 2.46. The lowest BCUT2D eigenvalue weighted by molar-refractivity contribution is 0.487. The van der Waals surface area contributed by atoms with Gasteiger partial charge in [-0.3, -0.25) is 0 Å². The average Bonchev–Trinajstić information content (AvgIpc) is 0.662. The van der Waals surface area contributed by atoms with Crippen molar-refractivity contribution in [1.82, 2.24) is 0 Å². The van der Waals surface area contributed by atoms with Crippen LogP contribution in [0, 0.1) is 0 Å². The summed E-state index contributed by atoms with van der Waals surface area (Å²) in [6.45, 7) is -0.558. The van der Waals surface area contributed by atoms with Gasteiger partial charge in [0.15, 0.2) is 0 Å². The Morgan fingerprint density at radius 3 is 0.746 bits per heavy atom. The number of hydrogen-bond donors (Lipinski definition) is 0. The highest BCUT2D eigenvalue weighted by Crippen LogP contribution is 2.57. The van der Waals surface area contributed by atoms with E-state index in [1.807, 2.05) is 0 Å². The quantitative estimate of drug-likeness (QED) is 0.0800. The van der Waals surface area contributed by atoms with Crippen LogP contribution in [0.3, 0.4) is 0 Å². The second-order valence-electron chi connectivity index (χ2n) is 31.5. The van der Waals surface area contributed by atoms with Gasteiger partial charge < -0.3 is 19.3 Å². The van der Waals surface area contributed by atoms with Crippen LogP contribution >= 0.6 is 0 Å². The van der Waals surface area contributed by atoms with Gasteiger partial charge in [0.2, 0.25) is 0 Å². The van der Waals surface area contributed by atoms with Crippen molar-refractivity contribution in [2.75, 3.05) is 9.80 Å². The molecule has 20 aromatic rings. The van der Waals surface area contributed by atoms with Crippen LogP contribution in [0.5, 0.6) is 23.0 Å². The lowest BCUT2D eigenvalue weighted by atomic mass is 9.32. The predicted molar refractivity (Wildman–Crippen MR) is 496 cm³/mol. The second-order valence-corrected chi connectivity index (χ2v) is 31.5. The van der Waals surface area contributed by atoms with Crippen molar-refractivity contribution >= 4 is 113 Å². The van der Waals surface area contributed by atoms with Gasteiger partial charge in [-0.25, -0.2) is 0 Å². The maximum atomic E-state index is 7.62. The number of rotatable bonds is 14. The van der Waals surface area contributed by atoms with Crippen LogP contribution in [-0.2, 0) is 0 Å². The number of hydrogen-bond acceptors (Lipinski definition) is 4. The highest BCUT2D eigenvalue weighted by atomic mass is 16.5.